The molecule has 0 aliphatic rings. The van der Waals surface area contributed by atoms with Gasteiger partial charge in [0.15, 0.2) is 0 Å². The van der Waals surface area contributed by atoms with Gasteiger partial charge in [0, 0.05) is 13.1 Å². The maximum absolute atomic E-state index is 12.4. The maximum atomic E-state index is 12.4. The third kappa shape index (κ3) is 3.66. The zero-order chi connectivity index (χ0) is 15.4. The molecule has 5 nitrogen and oxygen atoms in total. The van der Waals surface area contributed by atoms with Gasteiger partial charge in [0.1, 0.15) is 11.4 Å². The third-order valence-corrected chi connectivity index (χ3v) is 4.01. The summed E-state index contributed by atoms with van der Waals surface area (Å²) in [6.45, 7) is 1.95. The first-order valence-electron chi connectivity index (χ1n) is 6.47. The van der Waals surface area contributed by atoms with E-state index in [0.717, 1.165) is 6.42 Å². The van der Waals surface area contributed by atoms with Crippen molar-refractivity contribution in [2.24, 2.45) is 0 Å². The Morgan fingerprint density at radius 2 is 2.05 bits per heavy atom. The van der Waals surface area contributed by atoms with Crippen molar-refractivity contribution in [1.82, 2.24) is 9.88 Å². The lowest BCUT2D eigenvalue weighted by Crippen LogP contribution is -2.37. The fourth-order valence-corrected chi connectivity index (χ4v) is 2.62. The molecule has 2 aromatic heterocycles. The minimum absolute atomic E-state index is 0.00221. The number of rotatable bonds is 5. The van der Waals surface area contributed by atoms with E-state index in [1.165, 1.54) is 23.8 Å². The molecule has 2 heterocycles. The van der Waals surface area contributed by atoms with E-state index in [2.05, 4.69) is 10.4 Å². The number of hydrogen-bond acceptors (Lipinski definition) is 4. The Balaban J connectivity index is 2.11. The predicted molar refractivity (Wildman–Crippen MR) is 80.8 cm³/mol. The maximum Gasteiger partial charge on any atom is 0.354 e. The van der Waals surface area contributed by atoms with Gasteiger partial charge in [0.2, 0.25) is 0 Å². The number of hydrogen-bond donors (Lipinski definition) is 1. The summed E-state index contributed by atoms with van der Waals surface area (Å²) in [7, 11) is 1.70. The minimum atomic E-state index is -1.14. The van der Waals surface area contributed by atoms with E-state index >= 15 is 0 Å². The molecule has 110 valence electrons. The standard InChI is InChI=1S/C15H16N2O3S/c1-10(8-11-6-7-21-9-11)17(2)14(18)12-4-3-5-13(16-12)15(19)20/h3-7,9-10H,8H2,1-2H3,(H,19,20). The second kappa shape index (κ2) is 6.49. The van der Waals surface area contributed by atoms with Crippen LogP contribution in [0.15, 0.2) is 35.0 Å². The molecule has 6 heteroatoms. The monoisotopic (exact) mass is 304 g/mol. The molecular formula is C15H16N2O3S. The van der Waals surface area contributed by atoms with Gasteiger partial charge in [-0.25, -0.2) is 9.78 Å². The van der Waals surface area contributed by atoms with Crippen LogP contribution in [0.3, 0.4) is 0 Å². The Hall–Kier alpha value is -2.21. The Kier molecular flexibility index (Phi) is 4.70. The number of thiophene rings is 1. The summed E-state index contributed by atoms with van der Waals surface area (Å²) in [4.78, 5) is 28.7. The van der Waals surface area contributed by atoms with Crippen LogP contribution in [-0.2, 0) is 6.42 Å². The number of pyridine rings is 1. The zero-order valence-corrected chi connectivity index (χ0v) is 12.6. The topological polar surface area (TPSA) is 70.5 Å². The molecule has 2 aromatic rings. The van der Waals surface area contributed by atoms with Crippen molar-refractivity contribution >= 4 is 23.2 Å². The molecule has 0 fully saturated rings. The molecule has 0 aliphatic carbocycles. The molecule has 1 unspecified atom stereocenters. The summed E-state index contributed by atoms with van der Waals surface area (Å²) in [6.07, 6.45) is 0.754. The number of nitrogens with zero attached hydrogens (tertiary/aromatic N) is 2. The van der Waals surface area contributed by atoms with Crippen molar-refractivity contribution in [3.63, 3.8) is 0 Å². The summed E-state index contributed by atoms with van der Waals surface area (Å²) < 4.78 is 0. The highest BCUT2D eigenvalue weighted by Gasteiger charge is 2.20. The predicted octanol–water partition coefficient (Wildman–Crippen LogP) is 2.54. The van der Waals surface area contributed by atoms with E-state index in [9.17, 15) is 9.59 Å². The van der Waals surface area contributed by atoms with Crippen LogP contribution in [-0.4, -0.2) is 40.0 Å². The van der Waals surface area contributed by atoms with E-state index in [0.29, 0.717) is 0 Å². The molecule has 0 spiro atoms. The average molecular weight is 304 g/mol. The van der Waals surface area contributed by atoms with E-state index < -0.39 is 5.97 Å². The van der Waals surface area contributed by atoms with Crippen molar-refractivity contribution in [2.75, 3.05) is 7.05 Å². The van der Waals surface area contributed by atoms with Crippen molar-refractivity contribution in [2.45, 2.75) is 19.4 Å². The lowest BCUT2D eigenvalue weighted by atomic mass is 10.1. The molecule has 0 saturated carbocycles. The quantitative estimate of drug-likeness (QED) is 0.921. The van der Waals surface area contributed by atoms with Crippen molar-refractivity contribution in [3.8, 4) is 0 Å². The number of amides is 1. The summed E-state index contributed by atoms with van der Waals surface area (Å²) in [6, 6.07) is 6.46. The SMILES string of the molecule is CC(Cc1ccsc1)N(C)C(=O)c1cccc(C(=O)O)n1. The van der Waals surface area contributed by atoms with Crippen LogP contribution < -0.4 is 0 Å². The Bertz CT molecular complexity index is 640. The lowest BCUT2D eigenvalue weighted by molar-refractivity contribution is 0.0689. The van der Waals surface area contributed by atoms with Gasteiger partial charge in [-0.3, -0.25) is 4.79 Å². The van der Waals surface area contributed by atoms with Gasteiger partial charge >= 0.3 is 5.97 Å². The lowest BCUT2D eigenvalue weighted by Gasteiger charge is -2.24. The number of likely N-dealkylation sites (N-methyl/N-ethyl adjacent to an activating group) is 1. The van der Waals surface area contributed by atoms with E-state index in [1.54, 1.807) is 23.3 Å². The van der Waals surface area contributed by atoms with Crippen molar-refractivity contribution in [1.29, 1.82) is 0 Å². The van der Waals surface area contributed by atoms with Crippen LogP contribution in [0.25, 0.3) is 0 Å². The molecule has 1 amide bonds. The highest BCUT2D eigenvalue weighted by molar-refractivity contribution is 7.07. The number of carbonyl (C=O) groups is 2. The van der Waals surface area contributed by atoms with Crippen LogP contribution in [0.4, 0.5) is 0 Å². The highest BCUT2D eigenvalue weighted by Crippen LogP contribution is 2.13. The summed E-state index contributed by atoms with van der Waals surface area (Å²) >= 11 is 1.62. The van der Waals surface area contributed by atoms with Gasteiger partial charge in [-0.05, 0) is 47.9 Å². The molecule has 0 aliphatic heterocycles. The molecule has 0 bridgehead atoms. The summed E-state index contributed by atoms with van der Waals surface area (Å²) in [5.74, 6) is -1.42. The van der Waals surface area contributed by atoms with Crippen molar-refractivity contribution in [3.05, 3.63) is 52.0 Å². The van der Waals surface area contributed by atoms with Crippen molar-refractivity contribution < 1.29 is 14.7 Å². The van der Waals surface area contributed by atoms with Gasteiger partial charge in [0.25, 0.3) is 5.91 Å². The minimum Gasteiger partial charge on any atom is -0.477 e. The second-order valence-electron chi connectivity index (χ2n) is 4.81. The van der Waals surface area contributed by atoms with Gasteiger partial charge < -0.3 is 10.0 Å². The number of aromatic nitrogens is 1. The van der Waals surface area contributed by atoms with Crippen LogP contribution in [0.5, 0.6) is 0 Å². The molecule has 1 atom stereocenters. The first kappa shape index (κ1) is 15.2. The fourth-order valence-electron chi connectivity index (χ4n) is 1.94. The zero-order valence-electron chi connectivity index (χ0n) is 11.8. The molecule has 21 heavy (non-hydrogen) atoms. The van der Waals surface area contributed by atoms with E-state index in [4.69, 9.17) is 5.11 Å². The summed E-state index contributed by atoms with van der Waals surface area (Å²) in [5.41, 5.74) is 1.20. The van der Waals surface area contributed by atoms with Crippen LogP contribution in [0, 0.1) is 0 Å². The van der Waals surface area contributed by atoms with Gasteiger partial charge in [-0.15, -0.1) is 0 Å². The van der Waals surface area contributed by atoms with Crippen LogP contribution in [0.1, 0.15) is 33.5 Å². The van der Waals surface area contributed by atoms with Crippen LogP contribution in [0.2, 0.25) is 0 Å². The van der Waals surface area contributed by atoms with Gasteiger partial charge in [0.05, 0.1) is 0 Å². The third-order valence-electron chi connectivity index (χ3n) is 3.28. The largest absolute Gasteiger partial charge is 0.477 e. The number of carbonyl (C=O) groups excluding carboxylic acids is 1. The smallest absolute Gasteiger partial charge is 0.354 e. The first-order valence-corrected chi connectivity index (χ1v) is 7.42. The first-order chi connectivity index (χ1) is 9.99. The Morgan fingerprint density at radius 3 is 2.67 bits per heavy atom. The van der Waals surface area contributed by atoms with Gasteiger partial charge in [-0.1, -0.05) is 6.07 Å². The Morgan fingerprint density at radius 1 is 1.33 bits per heavy atom. The normalized spacial score (nSPS) is 11.9. The number of carboxylic acid groups (broad SMARTS) is 1. The van der Waals surface area contributed by atoms with Gasteiger partial charge in [-0.2, -0.15) is 11.3 Å². The molecule has 2 rings (SSSR count). The summed E-state index contributed by atoms with van der Waals surface area (Å²) in [5, 5.41) is 13.0. The molecule has 0 aromatic carbocycles. The highest BCUT2D eigenvalue weighted by atomic mass is 32.1. The van der Waals surface area contributed by atoms with E-state index in [-0.39, 0.29) is 23.3 Å². The average Bonchev–Trinajstić information content (AvgIpc) is 2.98. The molecular weight excluding hydrogens is 288 g/mol. The Labute approximate surface area is 126 Å². The molecule has 0 radical (unpaired) electrons. The van der Waals surface area contributed by atoms with E-state index in [1.807, 2.05) is 18.4 Å². The molecule has 0 saturated heterocycles. The number of carboxylic acids is 1. The second-order valence-corrected chi connectivity index (χ2v) is 5.59. The number of aromatic carboxylic acids is 1. The fraction of sp³-hybridized carbons (Fsp3) is 0.267. The van der Waals surface area contributed by atoms with Crippen LogP contribution >= 0.6 is 11.3 Å². The molecule has 1 N–H and O–H groups in total.